The summed E-state index contributed by atoms with van der Waals surface area (Å²) in [6, 6.07) is 9.55. The van der Waals surface area contributed by atoms with Crippen LogP contribution in [0.25, 0.3) is 11.3 Å². The van der Waals surface area contributed by atoms with Crippen LogP contribution in [0.3, 0.4) is 0 Å². The Kier molecular flexibility index (Phi) is 4.86. The van der Waals surface area contributed by atoms with Gasteiger partial charge in [-0.1, -0.05) is 12.1 Å². The van der Waals surface area contributed by atoms with E-state index in [0.29, 0.717) is 6.42 Å². The summed E-state index contributed by atoms with van der Waals surface area (Å²) in [4.78, 5) is 19.9. The minimum Gasteiger partial charge on any atom is -0.496 e. The molecule has 0 bridgehead atoms. The first-order chi connectivity index (χ1) is 11.7. The molecule has 0 spiro atoms. The molecule has 0 aliphatic carbocycles. The maximum atomic E-state index is 11.1. The zero-order valence-electron chi connectivity index (χ0n) is 13.2. The third-order valence-electron chi connectivity index (χ3n) is 3.57. The van der Waals surface area contributed by atoms with E-state index < -0.39 is 0 Å². The van der Waals surface area contributed by atoms with Crippen molar-refractivity contribution in [3.05, 3.63) is 64.2 Å². The second-order valence-electron chi connectivity index (χ2n) is 5.33. The Balaban J connectivity index is 1.85. The van der Waals surface area contributed by atoms with Gasteiger partial charge in [0.15, 0.2) is 0 Å². The van der Waals surface area contributed by atoms with Crippen LogP contribution >= 0.6 is 11.3 Å². The van der Waals surface area contributed by atoms with Crippen LogP contribution in [0, 0.1) is 0 Å². The van der Waals surface area contributed by atoms with Gasteiger partial charge in [0.25, 0.3) is 0 Å². The standard InChI is InChI=1S/C18H17N3O2S/c1-23-16-5-4-12(8-17(19)22)7-14(16)9-18-21-15(11-24-18)13-3-2-6-20-10-13/h2-7,10-11H,8-9H2,1H3,(H2,19,22). The van der Waals surface area contributed by atoms with E-state index in [-0.39, 0.29) is 12.3 Å². The largest absolute Gasteiger partial charge is 0.496 e. The zero-order valence-corrected chi connectivity index (χ0v) is 14.0. The molecule has 3 rings (SSSR count). The van der Waals surface area contributed by atoms with Crippen LogP contribution in [0.2, 0.25) is 0 Å². The SMILES string of the molecule is COc1ccc(CC(N)=O)cc1Cc1nc(-c2cccnc2)cs1. The lowest BCUT2D eigenvalue weighted by Gasteiger charge is -2.09. The number of aromatic nitrogens is 2. The predicted molar refractivity (Wildman–Crippen MR) is 94.0 cm³/mol. The van der Waals surface area contributed by atoms with Crippen molar-refractivity contribution in [2.45, 2.75) is 12.8 Å². The average Bonchev–Trinajstić information content (AvgIpc) is 3.04. The lowest BCUT2D eigenvalue weighted by Crippen LogP contribution is -2.13. The van der Waals surface area contributed by atoms with Gasteiger partial charge in [0.1, 0.15) is 5.75 Å². The number of benzene rings is 1. The number of nitrogens with zero attached hydrogens (tertiary/aromatic N) is 2. The molecule has 2 aromatic heterocycles. The third-order valence-corrected chi connectivity index (χ3v) is 4.42. The Morgan fingerprint density at radius 2 is 2.21 bits per heavy atom. The first kappa shape index (κ1) is 16.1. The predicted octanol–water partition coefficient (Wildman–Crippen LogP) is 2.83. The highest BCUT2D eigenvalue weighted by atomic mass is 32.1. The maximum Gasteiger partial charge on any atom is 0.221 e. The minimum atomic E-state index is -0.348. The first-order valence-corrected chi connectivity index (χ1v) is 8.32. The number of primary amides is 1. The topological polar surface area (TPSA) is 78.1 Å². The molecule has 24 heavy (non-hydrogen) atoms. The molecule has 1 amide bonds. The van der Waals surface area contributed by atoms with Gasteiger partial charge in [-0.3, -0.25) is 9.78 Å². The van der Waals surface area contributed by atoms with Crippen molar-refractivity contribution in [3.8, 4) is 17.0 Å². The molecule has 0 fully saturated rings. The van der Waals surface area contributed by atoms with Crippen molar-refractivity contribution in [1.29, 1.82) is 0 Å². The molecule has 5 nitrogen and oxygen atoms in total. The highest BCUT2D eigenvalue weighted by Gasteiger charge is 2.11. The number of hydrogen-bond donors (Lipinski definition) is 1. The third kappa shape index (κ3) is 3.78. The van der Waals surface area contributed by atoms with Gasteiger partial charge in [0.05, 0.1) is 24.2 Å². The number of methoxy groups -OCH3 is 1. The molecule has 0 saturated heterocycles. The smallest absolute Gasteiger partial charge is 0.221 e. The van der Waals surface area contributed by atoms with Crippen molar-refractivity contribution in [2.75, 3.05) is 7.11 Å². The molecule has 122 valence electrons. The Labute approximate surface area is 144 Å². The fraction of sp³-hybridized carbons (Fsp3) is 0.167. The molecule has 0 aliphatic rings. The number of nitrogens with two attached hydrogens (primary N) is 1. The van der Waals surface area contributed by atoms with E-state index in [4.69, 9.17) is 10.5 Å². The van der Waals surface area contributed by atoms with E-state index >= 15 is 0 Å². The van der Waals surface area contributed by atoms with Crippen LogP contribution in [0.4, 0.5) is 0 Å². The Morgan fingerprint density at radius 3 is 2.92 bits per heavy atom. The minimum absolute atomic E-state index is 0.218. The van der Waals surface area contributed by atoms with Crippen molar-refractivity contribution < 1.29 is 9.53 Å². The van der Waals surface area contributed by atoms with E-state index in [0.717, 1.165) is 33.1 Å². The molecular formula is C18H17N3O2S. The Hall–Kier alpha value is -2.73. The number of amides is 1. The van der Waals surface area contributed by atoms with Gasteiger partial charge in [0.2, 0.25) is 5.91 Å². The van der Waals surface area contributed by atoms with Crippen LogP contribution in [0.15, 0.2) is 48.1 Å². The van der Waals surface area contributed by atoms with Gasteiger partial charge in [-0.25, -0.2) is 4.98 Å². The summed E-state index contributed by atoms with van der Waals surface area (Å²) in [6.07, 6.45) is 4.40. The lowest BCUT2D eigenvalue weighted by molar-refractivity contribution is -0.117. The quantitative estimate of drug-likeness (QED) is 0.749. The van der Waals surface area contributed by atoms with Crippen molar-refractivity contribution in [3.63, 3.8) is 0 Å². The number of pyridine rings is 1. The Bertz CT molecular complexity index is 846. The average molecular weight is 339 g/mol. The lowest BCUT2D eigenvalue weighted by atomic mass is 10.0. The van der Waals surface area contributed by atoms with E-state index in [1.807, 2.05) is 35.7 Å². The Morgan fingerprint density at radius 1 is 1.33 bits per heavy atom. The number of carbonyl (C=O) groups is 1. The molecule has 2 heterocycles. The van der Waals surface area contributed by atoms with Crippen molar-refractivity contribution >= 4 is 17.2 Å². The maximum absolute atomic E-state index is 11.1. The fourth-order valence-electron chi connectivity index (χ4n) is 2.48. The highest BCUT2D eigenvalue weighted by Crippen LogP contribution is 2.27. The number of carbonyl (C=O) groups excluding carboxylic acids is 1. The molecule has 0 atom stereocenters. The summed E-state index contributed by atoms with van der Waals surface area (Å²) in [5.41, 5.74) is 9.05. The normalized spacial score (nSPS) is 10.5. The van der Waals surface area contributed by atoms with E-state index in [9.17, 15) is 4.79 Å². The summed E-state index contributed by atoms with van der Waals surface area (Å²) in [6.45, 7) is 0. The van der Waals surface area contributed by atoms with Crippen molar-refractivity contribution in [2.24, 2.45) is 5.73 Å². The second kappa shape index (κ2) is 7.23. The number of ether oxygens (including phenoxy) is 1. The molecule has 2 N–H and O–H groups in total. The van der Waals surface area contributed by atoms with Crippen LogP contribution in [-0.2, 0) is 17.6 Å². The van der Waals surface area contributed by atoms with Crippen LogP contribution in [0.1, 0.15) is 16.1 Å². The summed E-state index contributed by atoms with van der Waals surface area (Å²) in [5, 5.41) is 3.00. The zero-order chi connectivity index (χ0) is 16.9. The second-order valence-corrected chi connectivity index (χ2v) is 6.28. The van der Waals surface area contributed by atoms with E-state index in [2.05, 4.69) is 9.97 Å². The molecule has 0 aliphatic heterocycles. The first-order valence-electron chi connectivity index (χ1n) is 7.44. The summed E-state index contributed by atoms with van der Waals surface area (Å²) in [5.74, 6) is 0.431. The van der Waals surface area contributed by atoms with Crippen LogP contribution in [-0.4, -0.2) is 23.0 Å². The summed E-state index contributed by atoms with van der Waals surface area (Å²) >= 11 is 1.59. The molecule has 6 heteroatoms. The molecule has 1 aromatic carbocycles. The van der Waals surface area contributed by atoms with Gasteiger partial charge < -0.3 is 10.5 Å². The van der Waals surface area contributed by atoms with E-state index in [1.165, 1.54) is 0 Å². The van der Waals surface area contributed by atoms with Gasteiger partial charge in [-0.2, -0.15) is 0 Å². The van der Waals surface area contributed by atoms with Gasteiger partial charge in [-0.15, -0.1) is 11.3 Å². The number of thiazole rings is 1. The van der Waals surface area contributed by atoms with Crippen LogP contribution < -0.4 is 10.5 Å². The summed E-state index contributed by atoms with van der Waals surface area (Å²) in [7, 11) is 1.63. The number of rotatable bonds is 6. The molecule has 0 unspecified atom stereocenters. The monoisotopic (exact) mass is 339 g/mol. The van der Waals surface area contributed by atoms with Crippen molar-refractivity contribution in [1.82, 2.24) is 9.97 Å². The molecular weight excluding hydrogens is 322 g/mol. The fourth-order valence-corrected chi connectivity index (χ4v) is 3.31. The molecule has 3 aromatic rings. The highest BCUT2D eigenvalue weighted by molar-refractivity contribution is 7.10. The van der Waals surface area contributed by atoms with Crippen LogP contribution in [0.5, 0.6) is 5.75 Å². The van der Waals surface area contributed by atoms with E-state index in [1.54, 1.807) is 30.8 Å². The molecule has 0 saturated carbocycles. The van der Waals surface area contributed by atoms with Gasteiger partial charge >= 0.3 is 0 Å². The summed E-state index contributed by atoms with van der Waals surface area (Å²) < 4.78 is 5.42. The number of hydrogen-bond acceptors (Lipinski definition) is 5. The van der Waals surface area contributed by atoms with Gasteiger partial charge in [-0.05, 0) is 23.8 Å². The van der Waals surface area contributed by atoms with Gasteiger partial charge in [0, 0.05) is 35.3 Å². The molecule has 0 radical (unpaired) electrons.